The van der Waals surface area contributed by atoms with Gasteiger partial charge in [-0.25, -0.2) is 8.42 Å². The van der Waals surface area contributed by atoms with E-state index >= 15 is 0 Å². The number of aromatic nitrogens is 3. The summed E-state index contributed by atoms with van der Waals surface area (Å²) in [4.78, 5) is 0.309. The Morgan fingerprint density at radius 3 is 2.27 bits per heavy atom. The zero-order chi connectivity index (χ0) is 18.4. The Labute approximate surface area is 158 Å². The fraction of sp³-hybridized carbons (Fsp3) is 0.263. The van der Waals surface area contributed by atoms with Gasteiger partial charge in [0, 0.05) is 12.3 Å². The van der Waals surface area contributed by atoms with Crippen LogP contribution < -0.4 is 0 Å². The molecule has 0 atom stereocenters. The van der Waals surface area contributed by atoms with Crippen molar-refractivity contribution in [3.05, 3.63) is 72.1 Å². The molecule has 136 valence electrons. The average Bonchev–Trinajstić information content (AvgIpc) is 3.04. The summed E-state index contributed by atoms with van der Waals surface area (Å²) in [5.41, 5.74) is 1.27. The van der Waals surface area contributed by atoms with Gasteiger partial charge in [-0.15, -0.1) is 10.2 Å². The van der Waals surface area contributed by atoms with Gasteiger partial charge in [0.1, 0.15) is 11.6 Å². The van der Waals surface area contributed by atoms with Crippen LogP contribution in [0.4, 0.5) is 0 Å². The lowest BCUT2D eigenvalue weighted by Crippen LogP contribution is -2.11. The fourth-order valence-corrected chi connectivity index (χ4v) is 4.94. The molecule has 3 aromatic rings. The Balaban J connectivity index is 1.70. The molecular weight excluding hydrogens is 366 g/mol. The molecule has 0 saturated carbocycles. The molecule has 0 saturated heterocycles. The quantitative estimate of drug-likeness (QED) is 0.553. The molecule has 0 spiro atoms. The molecule has 0 bridgehead atoms. The first-order valence-electron chi connectivity index (χ1n) is 8.47. The van der Waals surface area contributed by atoms with Crippen molar-refractivity contribution in [2.75, 3.05) is 5.75 Å². The van der Waals surface area contributed by atoms with Crippen molar-refractivity contribution in [3.8, 4) is 0 Å². The molecule has 0 aliphatic rings. The fourth-order valence-electron chi connectivity index (χ4n) is 2.64. The van der Waals surface area contributed by atoms with E-state index in [1.165, 1.54) is 5.56 Å². The largest absolute Gasteiger partial charge is 0.305 e. The summed E-state index contributed by atoms with van der Waals surface area (Å²) in [6, 6.07) is 18.7. The van der Waals surface area contributed by atoms with E-state index in [4.69, 9.17) is 0 Å². The number of sulfone groups is 1. The van der Waals surface area contributed by atoms with Gasteiger partial charge >= 0.3 is 0 Å². The van der Waals surface area contributed by atoms with Crippen LogP contribution in [0.2, 0.25) is 0 Å². The maximum Gasteiger partial charge on any atom is 0.191 e. The van der Waals surface area contributed by atoms with Crippen LogP contribution in [0.5, 0.6) is 0 Å². The standard InChI is InChI=1S/C19H21N3O2S2/c1-2-22-18(15-26(23,24)17-11-7-4-8-12-17)20-21-19(22)25-14-13-16-9-5-3-6-10-16/h3-12H,2,13-15H2,1H3. The van der Waals surface area contributed by atoms with Gasteiger partial charge in [-0.2, -0.15) is 0 Å². The van der Waals surface area contributed by atoms with E-state index in [0.29, 0.717) is 17.3 Å². The van der Waals surface area contributed by atoms with Crippen molar-refractivity contribution < 1.29 is 8.42 Å². The van der Waals surface area contributed by atoms with E-state index in [9.17, 15) is 8.42 Å². The van der Waals surface area contributed by atoms with Gasteiger partial charge in [0.2, 0.25) is 0 Å². The number of benzene rings is 2. The minimum absolute atomic E-state index is 0.142. The number of rotatable bonds is 8. The summed E-state index contributed by atoms with van der Waals surface area (Å²) in [6.45, 7) is 2.61. The first-order chi connectivity index (χ1) is 12.6. The molecule has 0 unspecified atom stereocenters. The van der Waals surface area contributed by atoms with Gasteiger partial charge in [-0.3, -0.25) is 0 Å². The van der Waals surface area contributed by atoms with E-state index in [1.807, 2.05) is 29.7 Å². The lowest BCUT2D eigenvalue weighted by molar-refractivity contribution is 0.588. The minimum atomic E-state index is -3.43. The smallest absolute Gasteiger partial charge is 0.191 e. The van der Waals surface area contributed by atoms with E-state index in [-0.39, 0.29) is 5.75 Å². The molecule has 3 rings (SSSR count). The number of aryl methyl sites for hydroxylation is 1. The Morgan fingerprint density at radius 2 is 1.62 bits per heavy atom. The molecule has 0 radical (unpaired) electrons. The molecule has 26 heavy (non-hydrogen) atoms. The van der Waals surface area contributed by atoms with Crippen molar-refractivity contribution in [2.24, 2.45) is 0 Å². The molecule has 0 fully saturated rings. The van der Waals surface area contributed by atoms with E-state index in [0.717, 1.165) is 17.3 Å². The maximum absolute atomic E-state index is 12.6. The van der Waals surface area contributed by atoms with Crippen LogP contribution in [0.1, 0.15) is 18.3 Å². The Bertz CT molecular complexity index is 939. The van der Waals surface area contributed by atoms with Crippen molar-refractivity contribution in [1.29, 1.82) is 0 Å². The second-order valence-corrected chi connectivity index (χ2v) is 8.85. The molecule has 0 N–H and O–H groups in total. The topological polar surface area (TPSA) is 64.8 Å². The number of thioether (sulfide) groups is 1. The van der Waals surface area contributed by atoms with Gasteiger partial charge in [0.05, 0.1) is 4.90 Å². The molecule has 1 aromatic heterocycles. The molecular formula is C19H21N3O2S2. The second kappa shape index (κ2) is 8.51. The SMILES string of the molecule is CCn1c(CS(=O)(=O)c2ccccc2)nnc1SCCc1ccccc1. The second-order valence-electron chi connectivity index (χ2n) is 5.80. The van der Waals surface area contributed by atoms with Gasteiger partial charge in [0.15, 0.2) is 15.0 Å². The summed E-state index contributed by atoms with van der Waals surface area (Å²) in [7, 11) is -3.43. The van der Waals surface area contributed by atoms with Gasteiger partial charge < -0.3 is 4.57 Å². The zero-order valence-electron chi connectivity index (χ0n) is 14.6. The van der Waals surface area contributed by atoms with Crippen LogP contribution in [0, 0.1) is 0 Å². The minimum Gasteiger partial charge on any atom is -0.305 e. The van der Waals surface area contributed by atoms with E-state index < -0.39 is 9.84 Å². The van der Waals surface area contributed by atoms with Crippen LogP contribution in [-0.4, -0.2) is 28.9 Å². The Kier molecular flexibility index (Phi) is 6.11. The van der Waals surface area contributed by atoms with Crippen LogP contribution >= 0.6 is 11.8 Å². The molecule has 1 heterocycles. The molecule has 2 aromatic carbocycles. The third kappa shape index (κ3) is 4.53. The highest BCUT2D eigenvalue weighted by Gasteiger charge is 2.20. The van der Waals surface area contributed by atoms with Crippen molar-refractivity contribution in [3.63, 3.8) is 0 Å². The van der Waals surface area contributed by atoms with Gasteiger partial charge in [-0.05, 0) is 31.0 Å². The molecule has 0 aliphatic carbocycles. The van der Waals surface area contributed by atoms with Crippen LogP contribution in [0.25, 0.3) is 0 Å². The van der Waals surface area contributed by atoms with Crippen molar-refractivity contribution in [1.82, 2.24) is 14.8 Å². The van der Waals surface area contributed by atoms with Crippen LogP contribution in [0.15, 0.2) is 70.7 Å². The van der Waals surface area contributed by atoms with Crippen LogP contribution in [-0.2, 0) is 28.6 Å². The number of hydrogen-bond donors (Lipinski definition) is 0. The summed E-state index contributed by atoms with van der Waals surface area (Å²) < 4.78 is 27.1. The van der Waals surface area contributed by atoms with Gasteiger partial charge in [0.25, 0.3) is 0 Å². The third-order valence-corrected chi connectivity index (χ3v) is 6.59. The highest BCUT2D eigenvalue weighted by atomic mass is 32.2. The lowest BCUT2D eigenvalue weighted by Gasteiger charge is -2.08. The van der Waals surface area contributed by atoms with Crippen molar-refractivity contribution in [2.45, 2.75) is 35.7 Å². The first-order valence-corrected chi connectivity index (χ1v) is 11.1. The van der Waals surface area contributed by atoms with Crippen molar-refractivity contribution >= 4 is 21.6 Å². The molecule has 0 amide bonds. The zero-order valence-corrected chi connectivity index (χ0v) is 16.2. The normalized spacial score (nSPS) is 11.6. The Hall–Kier alpha value is -2.12. The molecule has 7 heteroatoms. The summed E-state index contributed by atoms with van der Waals surface area (Å²) >= 11 is 1.60. The van der Waals surface area contributed by atoms with Gasteiger partial charge in [-0.1, -0.05) is 60.3 Å². The first kappa shape index (κ1) is 18.7. The summed E-state index contributed by atoms with van der Waals surface area (Å²) in [5.74, 6) is 1.21. The van der Waals surface area contributed by atoms with E-state index in [1.54, 1.807) is 42.1 Å². The Morgan fingerprint density at radius 1 is 0.962 bits per heavy atom. The maximum atomic E-state index is 12.6. The van der Waals surface area contributed by atoms with Crippen LogP contribution in [0.3, 0.4) is 0 Å². The third-order valence-electron chi connectivity index (χ3n) is 4.00. The molecule has 5 nitrogen and oxygen atoms in total. The number of nitrogens with zero attached hydrogens (tertiary/aromatic N) is 3. The van der Waals surface area contributed by atoms with E-state index in [2.05, 4.69) is 22.3 Å². The monoisotopic (exact) mass is 387 g/mol. The predicted octanol–water partition coefficient (Wildman–Crippen LogP) is 3.61. The lowest BCUT2D eigenvalue weighted by atomic mass is 10.2. The highest BCUT2D eigenvalue weighted by molar-refractivity contribution is 7.99. The highest BCUT2D eigenvalue weighted by Crippen LogP contribution is 2.21. The predicted molar refractivity (Wildman–Crippen MR) is 104 cm³/mol. The molecule has 0 aliphatic heterocycles. The summed E-state index contributed by atoms with van der Waals surface area (Å²) in [6.07, 6.45) is 0.930. The summed E-state index contributed by atoms with van der Waals surface area (Å²) in [5, 5.41) is 9.11. The number of hydrogen-bond acceptors (Lipinski definition) is 5. The average molecular weight is 388 g/mol.